The first kappa shape index (κ1) is 17.0. The van der Waals surface area contributed by atoms with Crippen LogP contribution in [0.15, 0.2) is 0 Å². The molecule has 0 saturated carbocycles. The predicted octanol–water partition coefficient (Wildman–Crippen LogP) is 6.30. The molecule has 0 aliphatic carbocycles. The van der Waals surface area contributed by atoms with Crippen LogP contribution < -0.4 is 0 Å². The summed E-state index contributed by atoms with van der Waals surface area (Å²) >= 11 is 0. The van der Waals surface area contributed by atoms with E-state index in [0.29, 0.717) is 10.8 Å². The van der Waals surface area contributed by atoms with Gasteiger partial charge in [0.2, 0.25) is 0 Å². The molecule has 2 unspecified atom stereocenters. The van der Waals surface area contributed by atoms with Crippen LogP contribution in [-0.2, 0) is 0 Å². The summed E-state index contributed by atoms with van der Waals surface area (Å²) in [7, 11) is 0. The fourth-order valence-electron chi connectivity index (χ4n) is 3.57. The topological polar surface area (TPSA) is 0 Å². The van der Waals surface area contributed by atoms with E-state index in [4.69, 9.17) is 0 Å². The van der Waals surface area contributed by atoms with Crippen molar-refractivity contribution in [2.24, 2.45) is 22.7 Å². The summed E-state index contributed by atoms with van der Waals surface area (Å²) in [4.78, 5) is 0. The highest BCUT2D eigenvalue weighted by atomic mass is 14.4. The van der Waals surface area contributed by atoms with Crippen LogP contribution in [0, 0.1) is 22.7 Å². The first-order valence-electron chi connectivity index (χ1n) is 7.64. The molecule has 0 aliphatic rings. The molecule has 0 rings (SSSR count). The number of hydrogen-bond acceptors (Lipinski definition) is 0. The van der Waals surface area contributed by atoms with Crippen LogP contribution in [0.1, 0.15) is 87.5 Å². The van der Waals surface area contributed by atoms with Crippen molar-refractivity contribution in [2.75, 3.05) is 0 Å². The third kappa shape index (κ3) is 6.48. The minimum absolute atomic E-state index is 0.476. The van der Waals surface area contributed by atoms with Gasteiger partial charge in [0.15, 0.2) is 0 Å². The Morgan fingerprint density at radius 1 is 0.941 bits per heavy atom. The highest BCUT2D eigenvalue weighted by Gasteiger charge is 2.32. The average molecular weight is 240 g/mol. The Balaban J connectivity index is 4.42. The molecule has 0 nitrogen and oxygen atoms in total. The molecule has 0 amide bonds. The van der Waals surface area contributed by atoms with Gasteiger partial charge >= 0.3 is 0 Å². The fourth-order valence-corrected chi connectivity index (χ4v) is 3.57. The van der Waals surface area contributed by atoms with Crippen molar-refractivity contribution in [3.8, 4) is 0 Å². The molecule has 0 spiro atoms. The van der Waals surface area contributed by atoms with Crippen molar-refractivity contribution >= 4 is 0 Å². The van der Waals surface area contributed by atoms with E-state index in [9.17, 15) is 0 Å². The lowest BCUT2D eigenvalue weighted by Gasteiger charge is -2.40. The van der Waals surface area contributed by atoms with Gasteiger partial charge in [-0.25, -0.2) is 0 Å². The van der Waals surface area contributed by atoms with Crippen LogP contribution in [0.5, 0.6) is 0 Å². The van der Waals surface area contributed by atoms with Gasteiger partial charge in [-0.3, -0.25) is 0 Å². The van der Waals surface area contributed by atoms with Crippen molar-refractivity contribution in [3.63, 3.8) is 0 Å². The van der Waals surface area contributed by atoms with E-state index in [1.54, 1.807) is 0 Å². The van der Waals surface area contributed by atoms with E-state index in [-0.39, 0.29) is 0 Å². The molecule has 17 heavy (non-hydrogen) atoms. The molecule has 0 aromatic rings. The van der Waals surface area contributed by atoms with Crippen LogP contribution >= 0.6 is 0 Å². The van der Waals surface area contributed by atoms with E-state index in [0.717, 1.165) is 11.8 Å². The van der Waals surface area contributed by atoms with E-state index in [1.165, 1.54) is 32.1 Å². The second kappa shape index (κ2) is 6.81. The first-order chi connectivity index (χ1) is 7.64. The lowest BCUT2D eigenvalue weighted by molar-refractivity contribution is 0.107. The fraction of sp³-hybridized carbons (Fsp3) is 1.00. The minimum Gasteiger partial charge on any atom is -0.0654 e. The zero-order valence-electron chi connectivity index (χ0n) is 13.7. The monoisotopic (exact) mass is 240 g/mol. The molecule has 0 N–H and O–H groups in total. The molecule has 0 aliphatic heterocycles. The molecule has 2 atom stereocenters. The standard InChI is InChI=1S/C17H36/c1-9-11-14(3)12-16(5,6)13-17(7,8)15(4)10-2/h14-15H,9-13H2,1-8H3. The third-order valence-corrected chi connectivity index (χ3v) is 4.56. The van der Waals surface area contributed by atoms with Gasteiger partial charge in [-0.2, -0.15) is 0 Å². The van der Waals surface area contributed by atoms with Gasteiger partial charge in [0, 0.05) is 0 Å². The second-order valence-electron chi connectivity index (χ2n) is 7.74. The maximum atomic E-state index is 2.46. The smallest absolute Gasteiger partial charge is 0.0324 e. The Labute approximate surface area is 111 Å². The SMILES string of the molecule is CCCC(C)CC(C)(C)CC(C)(C)C(C)CC. The quantitative estimate of drug-likeness (QED) is 0.467. The summed E-state index contributed by atoms with van der Waals surface area (Å²) in [5.41, 5.74) is 0.964. The maximum absolute atomic E-state index is 2.46. The minimum atomic E-state index is 0.476. The zero-order chi connectivity index (χ0) is 13.7. The van der Waals surface area contributed by atoms with E-state index in [1.807, 2.05) is 0 Å². The van der Waals surface area contributed by atoms with E-state index >= 15 is 0 Å². The van der Waals surface area contributed by atoms with Crippen molar-refractivity contribution in [2.45, 2.75) is 87.5 Å². The summed E-state index contributed by atoms with van der Waals surface area (Å²) in [6.07, 6.45) is 6.73. The molecule has 0 heteroatoms. The molecule has 0 radical (unpaired) electrons. The zero-order valence-corrected chi connectivity index (χ0v) is 13.7. The molecule has 0 fully saturated rings. The van der Waals surface area contributed by atoms with Gasteiger partial charge in [0.05, 0.1) is 0 Å². The Morgan fingerprint density at radius 3 is 1.88 bits per heavy atom. The summed E-state index contributed by atoms with van der Waals surface area (Å²) in [5, 5.41) is 0. The van der Waals surface area contributed by atoms with Crippen molar-refractivity contribution in [1.82, 2.24) is 0 Å². The van der Waals surface area contributed by atoms with E-state index < -0.39 is 0 Å². The van der Waals surface area contributed by atoms with Crippen LogP contribution in [-0.4, -0.2) is 0 Å². The largest absolute Gasteiger partial charge is 0.0654 e. The summed E-state index contributed by atoms with van der Waals surface area (Å²) in [6.45, 7) is 19.3. The van der Waals surface area contributed by atoms with Crippen LogP contribution in [0.4, 0.5) is 0 Å². The molecule has 0 bridgehead atoms. The number of hydrogen-bond donors (Lipinski definition) is 0. The first-order valence-corrected chi connectivity index (χ1v) is 7.64. The summed E-state index contributed by atoms with van der Waals surface area (Å²) in [6, 6.07) is 0. The highest BCUT2D eigenvalue weighted by Crippen LogP contribution is 2.43. The average Bonchev–Trinajstić information content (AvgIpc) is 2.13. The molecular weight excluding hydrogens is 204 g/mol. The third-order valence-electron chi connectivity index (χ3n) is 4.56. The normalized spacial score (nSPS) is 16.9. The second-order valence-corrected chi connectivity index (χ2v) is 7.74. The van der Waals surface area contributed by atoms with Gasteiger partial charge in [-0.1, -0.05) is 74.7 Å². The van der Waals surface area contributed by atoms with Crippen molar-refractivity contribution in [1.29, 1.82) is 0 Å². The van der Waals surface area contributed by atoms with Crippen LogP contribution in [0.25, 0.3) is 0 Å². The molecule has 0 heterocycles. The van der Waals surface area contributed by atoms with Gasteiger partial charge in [-0.05, 0) is 35.5 Å². The molecular formula is C17H36. The lowest BCUT2D eigenvalue weighted by atomic mass is 9.66. The maximum Gasteiger partial charge on any atom is -0.0324 e. The van der Waals surface area contributed by atoms with Gasteiger partial charge < -0.3 is 0 Å². The molecule has 0 aromatic carbocycles. The Hall–Kier alpha value is 0. The molecule has 0 aromatic heterocycles. The Kier molecular flexibility index (Phi) is 6.81. The van der Waals surface area contributed by atoms with Gasteiger partial charge in [0.25, 0.3) is 0 Å². The van der Waals surface area contributed by atoms with Gasteiger partial charge in [0.1, 0.15) is 0 Å². The molecule has 104 valence electrons. The summed E-state index contributed by atoms with van der Waals surface area (Å²) < 4.78 is 0. The Bertz CT molecular complexity index is 200. The van der Waals surface area contributed by atoms with Gasteiger partial charge in [-0.15, -0.1) is 0 Å². The highest BCUT2D eigenvalue weighted by molar-refractivity contribution is 4.83. The van der Waals surface area contributed by atoms with Crippen molar-refractivity contribution in [3.05, 3.63) is 0 Å². The lowest BCUT2D eigenvalue weighted by Crippen LogP contribution is -2.29. The van der Waals surface area contributed by atoms with Crippen molar-refractivity contribution < 1.29 is 0 Å². The van der Waals surface area contributed by atoms with Crippen LogP contribution in [0.3, 0.4) is 0 Å². The summed E-state index contributed by atoms with van der Waals surface area (Å²) in [5.74, 6) is 1.70. The predicted molar refractivity (Wildman–Crippen MR) is 80.3 cm³/mol. The molecule has 0 saturated heterocycles. The Morgan fingerprint density at radius 2 is 1.47 bits per heavy atom. The number of rotatable bonds is 8. The van der Waals surface area contributed by atoms with Crippen LogP contribution in [0.2, 0.25) is 0 Å². The van der Waals surface area contributed by atoms with E-state index in [2.05, 4.69) is 55.4 Å².